The van der Waals surface area contributed by atoms with Gasteiger partial charge in [-0.3, -0.25) is 19.7 Å². The molecule has 3 amide bonds. The average Bonchev–Trinajstić information content (AvgIpc) is 2.94. The molecule has 6 rings (SSSR count). The van der Waals surface area contributed by atoms with Gasteiger partial charge in [0, 0.05) is 35.3 Å². The Morgan fingerprint density at radius 1 is 0.727 bits per heavy atom. The Morgan fingerprint density at radius 3 is 1.75 bits per heavy atom. The van der Waals surface area contributed by atoms with Gasteiger partial charge in [0.15, 0.2) is 5.11 Å². The minimum atomic E-state index is -0.271. The molecule has 4 bridgehead atoms. The first-order valence-electron chi connectivity index (χ1n) is 16.4. The summed E-state index contributed by atoms with van der Waals surface area (Å²) in [5.41, 5.74) is 3.23. The van der Waals surface area contributed by atoms with E-state index in [4.69, 9.17) is 12.2 Å². The maximum atomic E-state index is 12.7. The molecule has 0 aliphatic heterocycles. The predicted molar refractivity (Wildman–Crippen MR) is 181 cm³/mol. The zero-order valence-electron chi connectivity index (χ0n) is 26.5. The van der Waals surface area contributed by atoms with E-state index in [9.17, 15) is 14.4 Å². The highest BCUT2D eigenvalue weighted by Gasteiger charge is 2.51. The number of hydrogen-bond acceptors (Lipinski definition) is 4. The molecule has 7 nitrogen and oxygen atoms in total. The van der Waals surface area contributed by atoms with Gasteiger partial charge in [-0.2, -0.15) is 0 Å². The molecule has 44 heavy (non-hydrogen) atoms. The number of thiocarbonyl (C=S) groups is 1. The second kappa shape index (κ2) is 13.8. The van der Waals surface area contributed by atoms with Crippen LogP contribution in [0.5, 0.6) is 0 Å². The molecule has 4 fully saturated rings. The van der Waals surface area contributed by atoms with E-state index in [1.807, 2.05) is 12.1 Å². The number of rotatable bonds is 11. The highest BCUT2D eigenvalue weighted by atomic mass is 32.1. The summed E-state index contributed by atoms with van der Waals surface area (Å²) in [5.74, 6) is 2.43. The highest BCUT2D eigenvalue weighted by Crippen LogP contribution is 2.55. The van der Waals surface area contributed by atoms with Gasteiger partial charge in [0.2, 0.25) is 11.8 Å². The van der Waals surface area contributed by atoms with E-state index in [0.29, 0.717) is 29.8 Å². The predicted octanol–water partition coefficient (Wildman–Crippen LogP) is 7.48. The summed E-state index contributed by atoms with van der Waals surface area (Å²) in [4.78, 5) is 37.7. The molecule has 0 unspecified atom stereocenters. The van der Waals surface area contributed by atoms with Gasteiger partial charge in [0.05, 0.1) is 0 Å². The largest absolute Gasteiger partial charge is 0.351 e. The molecule has 4 N–H and O–H groups in total. The Morgan fingerprint density at radius 2 is 1.23 bits per heavy atom. The number of hydrogen-bond donors (Lipinski definition) is 4. The molecule has 0 aromatic heterocycles. The van der Waals surface area contributed by atoms with Gasteiger partial charge in [-0.1, -0.05) is 45.7 Å². The average molecular weight is 617 g/mol. The summed E-state index contributed by atoms with van der Waals surface area (Å²) in [6, 6.07) is 14.7. The minimum absolute atomic E-state index is 0.0187. The van der Waals surface area contributed by atoms with Gasteiger partial charge < -0.3 is 16.0 Å². The highest BCUT2D eigenvalue weighted by molar-refractivity contribution is 7.80. The SMILES string of the molecule is CC(C)(C)c1ccc(C(=O)NC(=S)Nc2ccc(NC(=O)CCCCCCC(=O)NC34CC5CC(CC(C5)C3)C4)cc2)cc1. The van der Waals surface area contributed by atoms with Crippen molar-refractivity contribution in [3.8, 4) is 0 Å². The van der Waals surface area contributed by atoms with Crippen molar-refractivity contribution in [2.24, 2.45) is 17.8 Å². The van der Waals surface area contributed by atoms with Crippen LogP contribution in [0.3, 0.4) is 0 Å². The first-order valence-corrected chi connectivity index (χ1v) is 16.8. The third-order valence-corrected chi connectivity index (χ3v) is 9.87. The van der Waals surface area contributed by atoms with Crippen molar-refractivity contribution < 1.29 is 14.4 Å². The third-order valence-electron chi connectivity index (χ3n) is 9.67. The number of nitrogens with one attached hydrogen (secondary N) is 4. The molecule has 0 radical (unpaired) electrons. The summed E-state index contributed by atoms with van der Waals surface area (Å²) in [6.07, 6.45) is 12.3. The van der Waals surface area contributed by atoms with Crippen LogP contribution < -0.4 is 21.3 Å². The number of amides is 3. The van der Waals surface area contributed by atoms with E-state index < -0.39 is 0 Å². The lowest BCUT2D eigenvalue weighted by molar-refractivity contribution is -0.127. The van der Waals surface area contributed by atoms with Crippen LogP contribution in [0.1, 0.15) is 114 Å². The van der Waals surface area contributed by atoms with E-state index in [1.165, 1.54) is 38.5 Å². The molecule has 0 atom stereocenters. The van der Waals surface area contributed by atoms with Crippen LogP contribution in [0.25, 0.3) is 0 Å². The molecular weight excluding hydrogens is 568 g/mol. The molecule has 0 heterocycles. The molecule has 4 aliphatic carbocycles. The lowest BCUT2D eigenvalue weighted by Crippen LogP contribution is -2.59. The van der Waals surface area contributed by atoms with Crippen LogP contribution in [-0.4, -0.2) is 28.4 Å². The molecule has 236 valence electrons. The molecule has 4 saturated carbocycles. The van der Waals surface area contributed by atoms with Crippen molar-refractivity contribution >= 4 is 46.4 Å². The molecule has 2 aromatic carbocycles. The van der Waals surface area contributed by atoms with Gasteiger partial charge in [-0.15, -0.1) is 0 Å². The monoisotopic (exact) mass is 616 g/mol. The van der Waals surface area contributed by atoms with Gasteiger partial charge in [-0.05, 0) is 129 Å². The summed E-state index contributed by atoms with van der Waals surface area (Å²) in [7, 11) is 0. The molecule has 0 spiro atoms. The zero-order chi connectivity index (χ0) is 31.3. The fourth-order valence-corrected chi connectivity index (χ4v) is 8.08. The van der Waals surface area contributed by atoms with Crippen molar-refractivity contribution in [2.45, 2.75) is 109 Å². The van der Waals surface area contributed by atoms with Crippen LogP contribution >= 0.6 is 12.2 Å². The van der Waals surface area contributed by atoms with Crippen molar-refractivity contribution in [3.63, 3.8) is 0 Å². The van der Waals surface area contributed by atoms with E-state index in [2.05, 4.69) is 42.0 Å². The van der Waals surface area contributed by atoms with E-state index in [0.717, 1.165) is 49.0 Å². The Bertz CT molecular complexity index is 1310. The fraction of sp³-hybridized carbons (Fsp3) is 0.556. The molecule has 4 aliphatic rings. The Balaban J connectivity index is 0.939. The van der Waals surface area contributed by atoms with E-state index in [-0.39, 0.29) is 33.8 Å². The summed E-state index contributed by atoms with van der Waals surface area (Å²) in [5, 5.41) is 12.3. The maximum absolute atomic E-state index is 12.7. The van der Waals surface area contributed by atoms with Gasteiger partial charge in [0.1, 0.15) is 0 Å². The normalized spacial score (nSPS) is 23.6. The van der Waals surface area contributed by atoms with Crippen LogP contribution in [0, 0.1) is 17.8 Å². The van der Waals surface area contributed by atoms with Gasteiger partial charge in [0.25, 0.3) is 5.91 Å². The number of carbonyl (C=O) groups is 3. The first-order chi connectivity index (χ1) is 21.0. The number of anilines is 2. The Labute approximate surface area is 267 Å². The smallest absolute Gasteiger partial charge is 0.257 e. The van der Waals surface area contributed by atoms with Crippen molar-refractivity contribution in [1.29, 1.82) is 0 Å². The van der Waals surface area contributed by atoms with Crippen molar-refractivity contribution in [2.75, 3.05) is 10.6 Å². The van der Waals surface area contributed by atoms with Crippen molar-refractivity contribution in [3.05, 3.63) is 59.7 Å². The van der Waals surface area contributed by atoms with E-state index in [1.54, 1.807) is 36.4 Å². The topological polar surface area (TPSA) is 99.3 Å². The van der Waals surface area contributed by atoms with Crippen LogP contribution in [0.2, 0.25) is 0 Å². The number of carbonyl (C=O) groups excluding carboxylic acids is 3. The molecule has 2 aromatic rings. The zero-order valence-corrected chi connectivity index (χ0v) is 27.3. The summed E-state index contributed by atoms with van der Waals surface area (Å²) in [6.45, 7) is 6.39. The summed E-state index contributed by atoms with van der Waals surface area (Å²) >= 11 is 5.32. The quantitative estimate of drug-likeness (QED) is 0.155. The number of benzene rings is 2. The third kappa shape index (κ3) is 8.68. The summed E-state index contributed by atoms with van der Waals surface area (Å²) < 4.78 is 0. The minimum Gasteiger partial charge on any atom is -0.351 e. The fourth-order valence-electron chi connectivity index (χ4n) is 7.87. The Kier molecular flexibility index (Phi) is 10.1. The van der Waals surface area contributed by atoms with Crippen molar-refractivity contribution in [1.82, 2.24) is 10.6 Å². The Hall–Kier alpha value is -3.26. The second-order valence-electron chi connectivity index (χ2n) is 14.5. The lowest BCUT2D eigenvalue weighted by Gasteiger charge is -2.56. The first kappa shape index (κ1) is 32.1. The van der Waals surface area contributed by atoms with Crippen LogP contribution in [0.15, 0.2) is 48.5 Å². The van der Waals surface area contributed by atoms with Crippen LogP contribution in [-0.2, 0) is 15.0 Å². The standard InChI is InChI=1S/C36H48N4O3S/c1-35(2,3)28-12-10-27(11-13-28)33(43)39-34(44)38-30-16-14-29(15-17-30)37-31(41)8-6-4-5-7-9-32(42)40-36-21-24-18-25(22-36)20-26(19-24)23-36/h10-17,24-26H,4-9,18-23H2,1-3H3,(H,37,41)(H,40,42)(H2,38,39,43,44). The van der Waals surface area contributed by atoms with Gasteiger partial charge >= 0.3 is 0 Å². The lowest BCUT2D eigenvalue weighted by atomic mass is 9.53. The van der Waals surface area contributed by atoms with Gasteiger partial charge in [-0.25, -0.2) is 0 Å². The number of unbranched alkanes of at least 4 members (excludes halogenated alkanes) is 3. The molecule has 0 saturated heterocycles. The molecule has 8 heteroatoms. The molecular formula is C36H48N4O3S. The van der Waals surface area contributed by atoms with E-state index >= 15 is 0 Å². The second-order valence-corrected chi connectivity index (χ2v) is 14.9. The maximum Gasteiger partial charge on any atom is 0.257 e. The van der Waals surface area contributed by atoms with Crippen LogP contribution in [0.4, 0.5) is 11.4 Å².